The average Bonchev–Trinajstić information content (AvgIpc) is 2.71. The van der Waals surface area contributed by atoms with Crippen molar-refractivity contribution in [3.05, 3.63) is 64.9 Å². The van der Waals surface area contributed by atoms with Crippen LogP contribution in [0.2, 0.25) is 5.02 Å². The number of aryl methyl sites for hydroxylation is 1. The van der Waals surface area contributed by atoms with Crippen LogP contribution in [-0.4, -0.2) is 29.1 Å². The summed E-state index contributed by atoms with van der Waals surface area (Å²) in [6.45, 7) is 2.96. The number of rotatable bonds is 4. The number of hydrogen-bond donors (Lipinski definition) is 2. The Bertz CT molecular complexity index is 1020. The lowest BCUT2D eigenvalue weighted by Gasteiger charge is -2.19. The molecular formula is C20H17ClN4O3. The van der Waals surface area contributed by atoms with Crippen molar-refractivity contribution >= 4 is 34.8 Å². The van der Waals surface area contributed by atoms with E-state index in [4.69, 9.17) is 21.1 Å². The molecule has 3 aromatic rings. The lowest BCUT2D eigenvalue weighted by atomic mass is 10.2. The van der Waals surface area contributed by atoms with Gasteiger partial charge in [-0.15, -0.1) is 0 Å². The number of anilines is 3. The van der Waals surface area contributed by atoms with E-state index in [9.17, 15) is 4.79 Å². The molecule has 142 valence electrons. The third-order valence-electron chi connectivity index (χ3n) is 4.16. The molecule has 0 saturated carbocycles. The second-order valence-electron chi connectivity index (χ2n) is 6.19. The highest BCUT2D eigenvalue weighted by molar-refractivity contribution is 6.30. The summed E-state index contributed by atoms with van der Waals surface area (Å²) in [5.74, 6) is 1.33. The Hall–Kier alpha value is -3.32. The van der Waals surface area contributed by atoms with Crippen molar-refractivity contribution in [3.63, 3.8) is 0 Å². The van der Waals surface area contributed by atoms with Crippen molar-refractivity contribution in [2.24, 2.45) is 0 Å². The third kappa shape index (κ3) is 3.99. The fourth-order valence-electron chi connectivity index (χ4n) is 2.68. The maximum absolute atomic E-state index is 12.4. The summed E-state index contributed by atoms with van der Waals surface area (Å²) in [6.07, 6.45) is 2.92. The molecule has 1 amide bonds. The molecule has 0 radical (unpaired) electrons. The predicted molar refractivity (Wildman–Crippen MR) is 107 cm³/mol. The van der Waals surface area contributed by atoms with Crippen LogP contribution in [0.5, 0.6) is 11.5 Å². The van der Waals surface area contributed by atoms with Crippen LogP contribution >= 0.6 is 11.6 Å². The minimum Gasteiger partial charge on any atom is -0.486 e. The van der Waals surface area contributed by atoms with Crippen LogP contribution in [0.3, 0.4) is 0 Å². The molecule has 0 fully saturated rings. The molecule has 0 bridgehead atoms. The smallest absolute Gasteiger partial charge is 0.258 e. The van der Waals surface area contributed by atoms with E-state index in [1.54, 1.807) is 24.3 Å². The molecule has 1 aromatic heterocycles. The normalized spacial score (nSPS) is 12.4. The van der Waals surface area contributed by atoms with Gasteiger partial charge in [-0.25, -0.2) is 9.97 Å². The molecule has 0 atom stereocenters. The Kier molecular flexibility index (Phi) is 4.99. The van der Waals surface area contributed by atoms with Crippen molar-refractivity contribution in [3.8, 4) is 11.5 Å². The van der Waals surface area contributed by atoms with Crippen molar-refractivity contribution < 1.29 is 14.3 Å². The molecule has 0 spiro atoms. The van der Waals surface area contributed by atoms with E-state index in [0.29, 0.717) is 46.9 Å². The van der Waals surface area contributed by atoms with Crippen molar-refractivity contribution in [2.75, 3.05) is 23.8 Å². The molecule has 0 saturated heterocycles. The summed E-state index contributed by atoms with van der Waals surface area (Å²) in [7, 11) is 0. The summed E-state index contributed by atoms with van der Waals surface area (Å²) < 4.78 is 11.0. The topological polar surface area (TPSA) is 85.4 Å². The number of nitrogens with one attached hydrogen (secondary N) is 2. The van der Waals surface area contributed by atoms with Gasteiger partial charge in [-0.05, 0) is 36.8 Å². The molecule has 0 aliphatic carbocycles. The summed E-state index contributed by atoms with van der Waals surface area (Å²) in [5.41, 5.74) is 2.75. The van der Waals surface area contributed by atoms with Crippen LogP contribution in [0.25, 0.3) is 0 Å². The number of halogens is 1. The average molecular weight is 397 g/mol. The lowest BCUT2D eigenvalue weighted by molar-refractivity contribution is 0.102. The zero-order chi connectivity index (χ0) is 19.5. The molecule has 2 aromatic carbocycles. The fraction of sp³-hybridized carbons (Fsp3) is 0.150. The van der Waals surface area contributed by atoms with Gasteiger partial charge in [0.05, 0.1) is 5.56 Å². The summed E-state index contributed by atoms with van der Waals surface area (Å²) in [5, 5.41) is 6.51. The number of ether oxygens (including phenoxy) is 2. The van der Waals surface area contributed by atoms with Crippen LogP contribution in [-0.2, 0) is 0 Å². The first-order valence-corrected chi connectivity index (χ1v) is 9.02. The zero-order valence-corrected chi connectivity index (χ0v) is 15.8. The highest BCUT2D eigenvalue weighted by Crippen LogP contribution is 2.32. The number of carbonyl (C=O) groups excluding carboxylic acids is 1. The van der Waals surface area contributed by atoms with E-state index < -0.39 is 0 Å². The quantitative estimate of drug-likeness (QED) is 0.687. The largest absolute Gasteiger partial charge is 0.486 e. The third-order valence-corrected chi connectivity index (χ3v) is 4.40. The standard InChI is InChI=1S/C20H17ClN4O3/c1-12-2-3-14(21)8-16(12)25-20-22-10-13(11-23-20)19(26)24-15-4-5-17-18(9-15)28-7-6-27-17/h2-5,8-11H,6-7H2,1H3,(H,24,26)(H,22,23,25). The van der Waals surface area contributed by atoms with Crippen LogP contribution in [0.15, 0.2) is 48.8 Å². The molecule has 2 N–H and O–H groups in total. The Morgan fingerprint density at radius 2 is 1.79 bits per heavy atom. The van der Waals surface area contributed by atoms with E-state index in [1.807, 2.05) is 19.1 Å². The van der Waals surface area contributed by atoms with Gasteiger partial charge in [0.25, 0.3) is 5.91 Å². The zero-order valence-electron chi connectivity index (χ0n) is 15.0. The molecule has 4 rings (SSSR count). The number of hydrogen-bond acceptors (Lipinski definition) is 6. The number of fused-ring (bicyclic) bond motifs is 1. The van der Waals surface area contributed by atoms with Crippen molar-refractivity contribution in [2.45, 2.75) is 6.92 Å². The Morgan fingerprint density at radius 3 is 2.57 bits per heavy atom. The molecular weight excluding hydrogens is 380 g/mol. The lowest BCUT2D eigenvalue weighted by Crippen LogP contribution is -2.16. The van der Waals surface area contributed by atoms with Crippen molar-refractivity contribution in [1.29, 1.82) is 0 Å². The first kappa shape index (κ1) is 18.1. The van der Waals surface area contributed by atoms with E-state index in [0.717, 1.165) is 11.3 Å². The maximum Gasteiger partial charge on any atom is 0.258 e. The second-order valence-corrected chi connectivity index (χ2v) is 6.63. The van der Waals surface area contributed by atoms with Crippen LogP contribution in [0.4, 0.5) is 17.3 Å². The SMILES string of the molecule is Cc1ccc(Cl)cc1Nc1ncc(C(=O)Nc2ccc3c(c2)OCCO3)cn1. The number of amides is 1. The van der Waals surface area contributed by atoms with Gasteiger partial charge in [-0.1, -0.05) is 17.7 Å². The Labute approximate surface area is 166 Å². The highest BCUT2D eigenvalue weighted by Gasteiger charge is 2.14. The van der Waals surface area contributed by atoms with E-state index >= 15 is 0 Å². The van der Waals surface area contributed by atoms with Crippen molar-refractivity contribution in [1.82, 2.24) is 9.97 Å². The van der Waals surface area contributed by atoms with E-state index in [-0.39, 0.29) is 5.91 Å². The Balaban J connectivity index is 1.45. The molecule has 8 heteroatoms. The molecule has 1 aliphatic heterocycles. The molecule has 7 nitrogen and oxygen atoms in total. The van der Waals surface area contributed by atoms with Gasteiger partial charge < -0.3 is 20.1 Å². The van der Waals surface area contributed by atoms with Gasteiger partial charge in [0, 0.05) is 34.9 Å². The Morgan fingerprint density at radius 1 is 1.04 bits per heavy atom. The molecule has 2 heterocycles. The molecule has 28 heavy (non-hydrogen) atoms. The number of benzene rings is 2. The van der Waals surface area contributed by atoms with Gasteiger partial charge in [0.1, 0.15) is 13.2 Å². The fourth-order valence-corrected chi connectivity index (χ4v) is 2.86. The first-order chi connectivity index (χ1) is 13.6. The second kappa shape index (κ2) is 7.74. The first-order valence-electron chi connectivity index (χ1n) is 8.65. The van der Waals surface area contributed by atoms with E-state index in [2.05, 4.69) is 20.6 Å². The number of nitrogens with zero attached hydrogens (tertiary/aromatic N) is 2. The van der Waals surface area contributed by atoms with Crippen LogP contribution in [0, 0.1) is 6.92 Å². The van der Waals surface area contributed by atoms with Crippen LogP contribution in [0.1, 0.15) is 15.9 Å². The van der Waals surface area contributed by atoms with E-state index in [1.165, 1.54) is 12.4 Å². The highest BCUT2D eigenvalue weighted by atomic mass is 35.5. The number of carbonyl (C=O) groups is 1. The number of aromatic nitrogens is 2. The maximum atomic E-state index is 12.4. The van der Waals surface area contributed by atoms with Gasteiger partial charge >= 0.3 is 0 Å². The van der Waals surface area contributed by atoms with Crippen LogP contribution < -0.4 is 20.1 Å². The summed E-state index contributed by atoms with van der Waals surface area (Å²) in [6, 6.07) is 10.8. The summed E-state index contributed by atoms with van der Waals surface area (Å²) >= 11 is 6.02. The van der Waals surface area contributed by atoms with Gasteiger partial charge in [0.15, 0.2) is 11.5 Å². The van der Waals surface area contributed by atoms with Gasteiger partial charge in [0.2, 0.25) is 5.95 Å². The molecule has 0 unspecified atom stereocenters. The van der Waals surface area contributed by atoms with Gasteiger partial charge in [-0.2, -0.15) is 0 Å². The van der Waals surface area contributed by atoms with Gasteiger partial charge in [-0.3, -0.25) is 4.79 Å². The minimum absolute atomic E-state index is 0.317. The molecule has 1 aliphatic rings. The predicted octanol–water partition coefficient (Wildman–Crippen LogP) is 4.21. The minimum atomic E-state index is -0.317. The summed E-state index contributed by atoms with van der Waals surface area (Å²) in [4.78, 5) is 20.9. The monoisotopic (exact) mass is 396 g/mol.